The first-order valence-corrected chi connectivity index (χ1v) is 8.29. The van der Waals surface area contributed by atoms with Crippen LogP contribution in [0, 0.1) is 5.92 Å². The van der Waals surface area contributed by atoms with Gasteiger partial charge >= 0.3 is 0 Å². The summed E-state index contributed by atoms with van der Waals surface area (Å²) in [6.45, 7) is 7.29. The van der Waals surface area contributed by atoms with Crippen LogP contribution < -0.4 is 10.5 Å². The van der Waals surface area contributed by atoms with E-state index in [1.807, 2.05) is 12.1 Å². The summed E-state index contributed by atoms with van der Waals surface area (Å²) < 4.78 is 11.4. The van der Waals surface area contributed by atoms with Crippen LogP contribution in [0.2, 0.25) is 0 Å². The fourth-order valence-electron chi connectivity index (χ4n) is 2.29. The van der Waals surface area contributed by atoms with Crippen molar-refractivity contribution < 1.29 is 9.47 Å². The lowest BCUT2D eigenvalue weighted by atomic mass is 10.0. The van der Waals surface area contributed by atoms with Crippen molar-refractivity contribution >= 4 is 0 Å². The van der Waals surface area contributed by atoms with Gasteiger partial charge in [0.2, 0.25) is 0 Å². The summed E-state index contributed by atoms with van der Waals surface area (Å²) in [5, 5.41) is 0. The van der Waals surface area contributed by atoms with E-state index >= 15 is 0 Å². The zero-order valence-corrected chi connectivity index (χ0v) is 13.6. The first-order valence-electron chi connectivity index (χ1n) is 8.29. The standard InChI is InChI=1S/C18H31NO2/c1-3-5-6-16(4-2)15-20-13-14-21-18-9-7-17(8-10-18)11-12-19/h7-10,16H,3-6,11-15,19H2,1-2H3. The summed E-state index contributed by atoms with van der Waals surface area (Å²) in [5.74, 6) is 1.60. The first-order chi connectivity index (χ1) is 10.3. The fraction of sp³-hybridized carbons (Fsp3) is 0.667. The van der Waals surface area contributed by atoms with Crippen molar-refractivity contribution in [3.05, 3.63) is 29.8 Å². The second kappa shape index (κ2) is 11.6. The van der Waals surface area contributed by atoms with Crippen molar-refractivity contribution in [1.29, 1.82) is 0 Å². The lowest BCUT2D eigenvalue weighted by Gasteiger charge is -2.15. The van der Waals surface area contributed by atoms with Gasteiger partial charge in [-0.2, -0.15) is 0 Å². The van der Waals surface area contributed by atoms with Crippen LogP contribution in [0.3, 0.4) is 0 Å². The normalized spacial score (nSPS) is 12.3. The number of hydrogen-bond donors (Lipinski definition) is 1. The molecule has 1 unspecified atom stereocenters. The van der Waals surface area contributed by atoms with E-state index < -0.39 is 0 Å². The van der Waals surface area contributed by atoms with Crippen LogP contribution >= 0.6 is 0 Å². The van der Waals surface area contributed by atoms with E-state index in [1.54, 1.807) is 0 Å². The molecular formula is C18H31NO2. The Morgan fingerprint density at radius 2 is 1.86 bits per heavy atom. The molecule has 21 heavy (non-hydrogen) atoms. The van der Waals surface area contributed by atoms with E-state index in [1.165, 1.54) is 31.2 Å². The maximum Gasteiger partial charge on any atom is 0.119 e. The maximum atomic E-state index is 5.73. The van der Waals surface area contributed by atoms with Gasteiger partial charge in [0.1, 0.15) is 12.4 Å². The van der Waals surface area contributed by atoms with Gasteiger partial charge in [-0.05, 0) is 43.0 Å². The van der Waals surface area contributed by atoms with Gasteiger partial charge in [-0.1, -0.05) is 45.2 Å². The lowest BCUT2D eigenvalue weighted by molar-refractivity contribution is 0.0699. The van der Waals surface area contributed by atoms with Crippen molar-refractivity contribution in [2.45, 2.75) is 46.0 Å². The van der Waals surface area contributed by atoms with E-state index in [2.05, 4.69) is 26.0 Å². The average molecular weight is 293 g/mol. The number of ether oxygens (including phenoxy) is 2. The molecule has 0 aromatic heterocycles. The zero-order chi connectivity index (χ0) is 15.3. The van der Waals surface area contributed by atoms with Crippen molar-refractivity contribution in [1.82, 2.24) is 0 Å². The van der Waals surface area contributed by atoms with Gasteiger partial charge in [0.25, 0.3) is 0 Å². The molecule has 0 spiro atoms. The minimum atomic E-state index is 0.612. The molecule has 0 heterocycles. The van der Waals surface area contributed by atoms with Crippen molar-refractivity contribution in [3.8, 4) is 5.75 Å². The topological polar surface area (TPSA) is 44.5 Å². The number of benzene rings is 1. The van der Waals surface area contributed by atoms with Crippen LogP contribution in [0.5, 0.6) is 5.75 Å². The lowest BCUT2D eigenvalue weighted by Crippen LogP contribution is -2.13. The second-order valence-electron chi connectivity index (χ2n) is 5.52. The fourth-order valence-corrected chi connectivity index (χ4v) is 2.29. The van der Waals surface area contributed by atoms with Crippen molar-refractivity contribution in [2.75, 3.05) is 26.4 Å². The summed E-state index contributed by atoms with van der Waals surface area (Å²) in [6, 6.07) is 8.14. The largest absolute Gasteiger partial charge is 0.491 e. The van der Waals surface area contributed by atoms with E-state index in [0.717, 1.165) is 18.8 Å². The molecule has 0 saturated heterocycles. The highest BCUT2D eigenvalue weighted by atomic mass is 16.5. The SMILES string of the molecule is CCCCC(CC)COCCOc1ccc(CCN)cc1. The summed E-state index contributed by atoms with van der Waals surface area (Å²) >= 11 is 0. The van der Waals surface area contributed by atoms with Gasteiger partial charge in [-0.3, -0.25) is 0 Å². The van der Waals surface area contributed by atoms with Gasteiger partial charge in [0, 0.05) is 6.61 Å². The van der Waals surface area contributed by atoms with Gasteiger partial charge < -0.3 is 15.2 Å². The van der Waals surface area contributed by atoms with E-state index in [4.69, 9.17) is 15.2 Å². The second-order valence-corrected chi connectivity index (χ2v) is 5.52. The van der Waals surface area contributed by atoms with Crippen LogP contribution in [0.4, 0.5) is 0 Å². The molecule has 120 valence electrons. The van der Waals surface area contributed by atoms with Crippen molar-refractivity contribution in [2.24, 2.45) is 11.7 Å². The smallest absolute Gasteiger partial charge is 0.119 e. The molecule has 0 bridgehead atoms. The Labute approximate surface area is 129 Å². The van der Waals surface area contributed by atoms with Gasteiger partial charge in [-0.15, -0.1) is 0 Å². The molecule has 1 atom stereocenters. The molecule has 0 fully saturated rings. The van der Waals surface area contributed by atoms with Crippen molar-refractivity contribution in [3.63, 3.8) is 0 Å². The number of rotatable bonds is 12. The Kier molecular flexibility index (Phi) is 9.92. The number of hydrogen-bond acceptors (Lipinski definition) is 3. The van der Waals surface area contributed by atoms with Gasteiger partial charge in [0.15, 0.2) is 0 Å². The monoisotopic (exact) mass is 293 g/mol. The molecule has 0 aliphatic rings. The maximum absolute atomic E-state index is 5.73. The number of unbranched alkanes of at least 4 members (excludes halogenated alkanes) is 1. The highest BCUT2D eigenvalue weighted by molar-refractivity contribution is 5.27. The molecule has 0 aliphatic heterocycles. The van der Waals surface area contributed by atoms with Crippen LogP contribution in [0.15, 0.2) is 24.3 Å². The molecule has 3 heteroatoms. The molecule has 0 amide bonds. The summed E-state index contributed by atoms with van der Waals surface area (Å²) in [7, 11) is 0. The third-order valence-corrected chi connectivity index (χ3v) is 3.75. The predicted octanol–water partition coefficient (Wildman–Crippen LogP) is 3.80. The molecule has 1 rings (SSSR count). The Hall–Kier alpha value is -1.06. The van der Waals surface area contributed by atoms with Crippen LogP contribution in [0.25, 0.3) is 0 Å². The number of nitrogens with two attached hydrogens (primary N) is 1. The highest BCUT2D eigenvalue weighted by Gasteiger charge is 2.05. The Morgan fingerprint density at radius 1 is 1.10 bits per heavy atom. The average Bonchev–Trinajstić information content (AvgIpc) is 2.52. The Bertz CT molecular complexity index is 351. The molecule has 0 saturated carbocycles. The van der Waals surface area contributed by atoms with Crippen LogP contribution in [0.1, 0.15) is 45.1 Å². The predicted molar refractivity (Wildman–Crippen MR) is 88.8 cm³/mol. The zero-order valence-electron chi connectivity index (χ0n) is 13.6. The van der Waals surface area contributed by atoms with Crippen LogP contribution in [-0.4, -0.2) is 26.4 Å². The summed E-state index contributed by atoms with van der Waals surface area (Å²) in [5.41, 5.74) is 6.78. The molecule has 0 aliphatic carbocycles. The molecule has 3 nitrogen and oxygen atoms in total. The van der Waals surface area contributed by atoms with Gasteiger partial charge in [-0.25, -0.2) is 0 Å². The van der Waals surface area contributed by atoms with E-state index in [0.29, 0.717) is 25.7 Å². The summed E-state index contributed by atoms with van der Waals surface area (Å²) in [4.78, 5) is 0. The minimum absolute atomic E-state index is 0.612. The minimum Gasteiger partial charge on any atom is -0.491 e. The molecule has 2 N–H and O–H groups in total. The van der Waals surface area contributed by atoms with E-state index in [9.17, 15) is 0 Å². The Morgan fingerprint density at radius 3 is 2.48 bits per heavy atom. The first kappa shape index (κ1) is 18.0. The third-order valence-electron chi connectivity index (χ3n) is 3.75. The van der Waals surface area contributed by atoms with E-state index in [-0.39, 0.29) is 0 Å². The van der Waals surface area contributed by atoms with Crippen LogP contribution in [-0.2, 0) is 11.2 Å². The highest BCUT2D eigenvalue weighted by Crippen LogP contribution is 2.14. The molecular weight excluding hydrogens is 262 g/mol. The Balaban J connectivity index is 2.12. The molecule has 1 aromatic rings. The molecule has 1 aromatic carbocycles. The quantitative estimate of drug-likeness (QED) is 0.596. The summed E-state index contributed by atoms with van der Waals surface area (Å²) in [6.07, 6.45) is 5.95. The van der Waals surface area contributed by atoms with Gasteiger partial charge in [0.05, 0.1) is 6.61 Å². The molecule has 0 radical (unpaired) electrons. The third kappa shape index (κ3) is 8.08.